The number of carbonyl (C=O) groups is 1. The minimum atomic E-state index is -3.84. The van der Waals surface area contributed by atoms with Crippen molar-refractivity contribution in [3.8, 4) is 0 Å². The third kappa shape index (κ3) is 4.69. The van der Waals surface area contributed by atoms with Gasteiger partial charge < -0.3 is 5.32 Å². The van der Waals surface area contributed by atoms with E-state index in [1.54, 1.807) is 0 Å². The van der Waals surface area contributed by atoms with Gasteiger partial charge in [-0.05, 0) is 24.5 Å². The van der Waals surface area contributed by atoms with Gasteiger partial charge in [-0.25, -0.2) is 13.4 Å². The maximum Gasteiger partial charge on any atom is 0.269 e. The largest absolute Gasteiger partial charge is 0.302 e. The molecule has 1 aliphatic rings. The molecule has 2 aromatic rings. The molecule has 0 atom stereocenters. The molecule has 3 rings (SSSR count). The lowest BCUT2D eigenvalue weighted by atomic mass is 10.0. The van der Waals surface area contributed by atoms with Gasteiger partial charge in [0.1, 0.15) is 4.21 Å². The molecule has 0 spiro atoms. The Labute approximate surface area is 160 Å². The third-order valence-electron chi connectivity index (χ3n) is 4.61. The zero-order chi connectivity index (χ0) is 19.4. The molecule has 1 N–H and O–H groups in total. The molecular weight excluding hydrogens is 390 g/mol. The second kappa shape index (κ2) is 8.13. The van der Waals surface area contributed by atoms with E-state index in [2.05, 4.69) is 10.3 Å². The van der Waals surface area contributed by atoms with Crippen molar-refractivity contribution in [2.45, 2.75) is 47.6 Å². The number of carbonyl (C=O) groups excluding carboxylic acids is 1. The zero-order valence-electron chi connectivity index (χ0n) is 14.5. The molecule has 27 heavy (non-hydrogen) atoms. The molecule has 0 saturated heterocycles. The number of hydrogen-bond donors (Lipinski definition) is 1. The Balaban J connectivity index is 1.64. The molecule has 10 heteroatoms. The van der Waals surface area contributed by atoms with Crippen LogP contribution in [0.2, 0.25) is 0 Å². The van der Waals surface area contributed by atoms with Gasteiger partial charge >= 0.3 is 0 Å². The van der Waals surface area contributed by atoms with Crippen LogP contribution in [0.1, 0.15) is 38.5 Å². The number of rotatable bonds is 7. The predicted octanol–water partition coefficient (Wildman–Crippen LogP) is 3.79. The molecule has 1 amide bonds. The number of anilines is 1. The highest BCUT2D eigenvalue weighted by Crippen LogP contribution is 2.31. The van der Waals surface area contributed by atoms with E-state index in [1.165, 1.54) is 44.0 Å². The first-order valence-corrected chi connectivity index (χ1v) is 10.9. The van der Waals surface area contributed by atoms with E-state index in [1.807, 2.05) is 0 Å². The zero-order valence-corrected chi connectivity index (χ0v) is 16.1. The molecule has 0 radical (unpaired) electrons. The van der Waals surface area contributed by atoms with Crippen LogP contribution in [0, 0.1) is 16.0 Å². The van der Waals surface area contributed by atoms with Gasteiger partial charge in [0, 0.05) is 18.6 Å². The molecule has 0 bridgehead atoms. The van der Waals surface area contributed by atoms with Gasteiger partial charge in [-0.2, -0.15) is 0 Å². The Bertz CT molecular complexity index is 932. The summed E-state index contributed by atoms with van der Waals surface area (Å²) in [6, 6.07) is 4.65. The van der Waals surface area contributed by atoms with Crippen molar-refractivity contribution in [2.24, 2.45) is 5.92 Å². The molecular formula is C17H19N3O5S2. The minimum absolute atomic E-state index is 0.0255. The summed E-state index contributed by atoms with van der Waals surface area (Å²) in [6.45, 7) is 0. The first-order chi connectivity index (χ1) is 12.9. The van der Waals surface area contributed by atoms with E-state index in [4.69, 9.17) is 0 Å². The SMILES string of the molecule is O=C(CCC1CCCC1)Nc1ncc(S(=O)(=O)c2ccc([N+](=O)[O-])cc2)s1. The monoisotopic (exact) mass is 409 g/mol. The van der Waals surface area contributed by atoms with E-state index in [0.29, 0.717) is 12.3 Å². The van der Waals surface area contributed by atoms with Gasteiger partial charge in [0.15, 0.2) is 5.13 Å². The Hall–Kier alpha value is -2.33. The van der Waals surface area contributed by atoms with E-state index in [9.17, 15) is 23.3 Å². The number of aromatic nitrogens is 1. The molecule has 8 nitrogen and oxygen atoms in total. The summed E-state index contributed by atoms with van der Waals surface area (Å²) in [6.07, 6.45) is 7.21. The van der Waals surface area contributed by atoms with Crippen LogP contribution in [0.25, 0.3) is 0 Å². The average molecular weight is 409 g/mol. The van der Waals surface area contributed by atoms with Crippen LogP contribution in [0.4, 0.5) is 10.8 Å². The number of nitro benzene ring substituents is 1. The number of benzene rings is 1. The molecule has 0 unspecified atom stereocenters. The molecule has 1 aliphatic carbocycles. The predicted molar refractivity (Wildman–Crippen MR) is 100 cm³/mol. The Kier molecular flexibility index (Phi) is 5.85. The lowest BCUT2D eigenvalue weighted by molar-refractivity contribution is -0.384. The lowest BCUT2D eigenvalue weighted by Crippen LogP contribution is -2.12. The van der Waals surface area contributed by atoms with Crippen molar-refractivity contribution in [3.05, 3.63) is 40.6 Å². The van der Waals surface area contributed by atoms with Gasteiger partial charge in [0.25, 0.3) is 5.69 Å². The molecule has 1 fully saturated rings. The standard InChI is InChI=1S/C17H19N3O5S2/c21-15(10-5-12-3-1-2-4-12)19-17-18-11-16(26-17)27(24,25)14-8-6-13(7-9-14)20(22)23/h6-9,11-12H,1-5,10H2,(H,18,19,21). The van der Waals surface area contributed by atoms with Crippen LogP contribution in [-0.4, -0.2) is 24.2 Å². The Morgan fingerprint density at radius 3 is 2.56 bits per heavy atom. The molecule has 1 saturated carbocycles. The van der Waals surface area contributed by atoms with Gasteiger partial charge in [0.05, 0.1) is 16.0 Å². The number of nitro groups is 1. The van der Waals surface area contributed by atoms with E-state index in [-0.39, 0.29) is 25.8 Å². The molecule has 144 valence electrons. The first-order valence-electron chi connectivity index (χ1n) is 8.61. The van der Waals surface area contributed by atoms with Crippen LogP contribution in [-0.2, 0) is 14.6 Å². The summed E-state index contributed by atoms with van der Waals surface area (Å²) in [5.41, 5.74) is -0.187. The van der Waals surface area contributed by atoms with Gasteiger partial charge in [-0.15, -0.1) is 0 Å². The molecule has 1 aromatic carbocycles. The van der Waals surface area contributed by atoms with E-state index >= 15 is 0 Å². The molecule has 1 aromatic heterocycles. The smallest absolute Gasteiger partial charge is 0.269 e. The van der Waals surface area contributed by atoms with Crippen molar-refractivity contribution >= 4 is 37.9 Å². The maximum atomic E-state index is 12.6. The molecule has 0 aliphatic heterocycles. The second-order valence-corrected chi connectivity index (χ2v) is 9.68. The summed E-state index contributed by atoms with van der Waals surface area (Å²) in [7, 11) is -3.84. The second-order valence-electron chi connectivity index (χ2n) is 6.48. The number of hydrogen-bond acceptors (Lipinski definition) is 7. The van der Waals surface area contributed by atoms with Crippen LogP contribution < -0.4 is 5.32 Å². The van der Waals surface area contributed by atoms with Crippen molar-refractivity contribution < 1.29 is 18.1 Å². The maximum absolute atomic E-state index is 12.6. The highest BCUT2D eigenvalue weighted by atomic mass is 32.2. The highest BCUT2D eigenvalue weighted by Gasteiger charge is 2.23. The summed E-state index contributed by atoms with van der Waals surface area (Å²) in [4.78, 5) is 26.0. The summed E-state index contributed by atoms with van der Waals surface area (Å²) in [5, 5.41) is 13.6. The summed E-state index contributed by atoms with van der Waals surface area (Å²) < 4.78 is 25.2. The van der Waals surface area contributed by atoms with Gasteiger partial charge in [-0.1, -0.05) is 37.0 Å². The number of amides is 1. The fourth-order valence-corrected chi connectivity index (χ4v) is 5.57. The minimum Gasteiger partial charge on any atom is -0.302 e. The number of sulfone groups is 1. The number of thiazole rings is 1. The van der Waals surface area contributed by atoms with Crippen LogP contribution in [0.5, 0.6) is 0 Å². The van der Waals surface area contributed by atoms with E-state index in [0.717, 1.165) is 29.9 Å². The fourth-order valence-electron chi connectivity index (χ4n) is 3.12. The Morgan fingerprint density at radius 1 is 1.26 bits per heavy atom. The summed E-state index contributed by atoms with van der Waals surface area (Å²) >= 11 is 0.867. The third-order valence-corrected chi connectivity index (χ3v) is 7.75. The van der Waals surface area contributed by atoms with Crippen molar-refractivity contribution in [3.63, 3.8) is 0 Å². The normalized spacial score (nSPS) is 15.0. The van der Waals surface area contributed by atoms with Crippen molar-refractivity contribution in [2.75, 3.05) is 5.32 Å². The quantitative estimate of drug-likeness (QED) is 0.549. The van der Waals surface area contributed by atoms with Crippen molar-refractivity contribution in [1.29, 1.82) is 0 Å². The topological polar surface area (TPSA) is 119 Å². The number of nitrogens with zero attached hydrogens (tertiary/aromatic N) is 2. The van der Waals surface area contributed by atoms with Crippen LogP contribution in [0.15, 0.2) is 39.6 Å². The molecule has 1 heterocycles. The number of non-ortho nitro benzene ring substituents is 1. The summed E-state index contributed by atoms with van der Waals surface area (Å²) in [5.74, 6) is 0.431. The van der Waals surface area contributed by atoms with Crippen molar-refractivity contribution in [1.82, 2.24) is 4.98 Å². The van der Waals surface area contributed by atoms with E-state index < -0.39 is 14.8 Å². The van der Waals surface area contributed by atoms with Gasteiger partial charge in [0.2, 0.25) is 15.7 Å². The average Bonchev–Trinajstić information content (AvgIpc) is 3.32. The highest BCUT2D eigenvalue weighted by molar-refractivity contribution is 7.93. The first kappa shape index (κ1) is 19.4. The lowest BCUT2D eigenvalue weighted by Gasteiger charge is -2.07. The fraction of sp³-hybridized carbons (Fsp3) is 0.412. The Morgan fingerprint density at radius 2 is 1.93 bits per heavy atom. The van der Waals surface area contributed by atoms with Crippen LogP contribution in [0.3, 0.4) is 0 Å². The van der Waals surface area contributed by atoms with Gasteiger partial charge in [-0.3, -0.25) is 14.9 Å². The van der Waals surface area contributed by atoms with Crippen LogP contribution >= 0.6 is 11.3 Å². The number of nitrogens with one attached hydrogen (secondary N) is 1.